The van der Waals surface area contributed by atoms with Gasteiger partial charge in [-0.05, 0) is 49.7 Å². The quantitative estimate of drug-likeness (QED) is 0.806. The molecule has 1 aromatic carbocycles. The van der Waals surface area contributed by atoms with E-state index >= 15 is 0 Å². The van der Waals surface area contributed by atoms with Crippen molar-refractivity contribution >= 4 is 23.1 Å². The summed E-state index contributed by atoms with van der Waals surface area (Å²) in [6.45, 7) is 5.70. The van der Waals surface area contributed by atoms with Gasteiger partial charge in [-0.3, -0.25) is 9.79 Å². The van der Waals surface area contributed by atoms with Gasteiger partial charge in [-0.25, -0.2) is 0 Å². The number of hydrogen-bond acceptors (Lipinski definition) is 3. The van der Waals surface area contributed by atoms with Gasteiger partial charge >= 0.3 is 0 Å². The van der Waals surface area contributed by atoms with Crippen molar-refractivity contribution in [3.8, 4) is 0 Å². The number of ketones is 1. The van der Waals surface area contributed by atoms with E-state index in [2.05, 4.69) is 36.9 Å². The number of benzene rings is 1. The lowest BCUT2D eigenvalue weighted by molar-refractivity contribution is -0.142. The largest absolute Gasteiger partial charge is 0.331 e. The molecule has 26 heavy (non-hydrogen) atoms. The molecule has 1 saturated heterocycles. The number of aliphatic imine (C=N–C) groups is 1. The number of nitrogens with zero attached hydrogens (tertiary/aromatic N) is 2. The van der Waals surface area contributed by atoms with Crippen molar-refractivity contribution in [1.82, 2.24) is 4.90 Å². The Morgan fingerprint density at radius 1 is 1.23 bits per heavy atom. The molecule has 2 heterocycles. The molecule has 2 aliphatic heterocycles. The van der Waals surface area contributed by atoms with E-state index < -0.39 is 0 Å². The first-order valence-electron chi connectivity index (χ1n) is 9.92. The number of amides is 1. The minimum atomic E-state index is -0.210. The molecule has 0 radical (unpaired) electrons. The van der Waals surface area contributed by atoms with E-state index in [4.69, 9.17) is 4.99 Å². The summed E-state index contributed by atoms with van der Waals surface area (Å²) < 4.78 is 0. The number of para-hydroxylation sites is 1. The zero-order valence-corrected chi connectivity index (χ0v) is 15.9. The topological polar surface area (TPSA) is 49.7 Å². The Kier molecular flexibility index (Phi) is 4.45. The number of hydrogen-bond donors (Lipinski definition) is 0. The van der Waals surface area contributed by atoms with Crippen LogP contribution < -0.4 is 0 Å². The molecule has 1 saturated carbocycles. The summed E-state index contributed by atoms with van der Waals surface area (Å²) in [4.78, 5) is 32.2. The standard InChI is InChI=1S/C22H28N2O2/c1-13(2)18(10-14(3)25)22(26)24-17-9-8-16(11-17)21(24)20-12-15-6-4-5-7-19(15)23-20/h4-7,13,16-18,21H,8-12H2,1-3H3. The van der Waals surface area contributed by atoms with Crippen molar-refractivity contribution in [2.24, 2.45) is 22.7 Å². The Morgan fingerprint density at radius 2 is 2.00 bits per heavy atom. The van der Waals surface area contributed by atoms with E-state index in [1.165, 1.54) is 12.0 Å². The fraction of sp³-hybridized carbons (Fsp3) is 0.591. The van der Waals surface area contributed by atoms with Crippen LogP contribution in [0.4, 0.5) is 5.69 Å². The minimum Gasteiger partial charge on any atom is -0.331 e. The van der Waals surface area contributed by atoms with Crippen LogP contribution >= 0.6 is 0 Å². The summed E-state index contributed by atoms with van der Waals surface area (Å²) >= 11 is 0. The minimum absolute atomic E-state index is 0.101. The van der Waals surface area contributed by atoms with E-state index in [1.807, 2.05) is 6.07 Å². The summed E-state index contributed by atoms with van der Waals surface area (Å²) in [5.41, 5.74) is 3.47. The highest BCUT2D eigenvalue weighted by molar-refractivity contribution is 6.01. The molecule has 1 aliphatic carbocycles. The van der Waals surface area contributed by atoms with Gasteiger partial charge in [-0.15, -0.1) is 0 Å². The van der Waals surface area contributed by atoms with Crippen molar-refractivity contribution in [2.45, 2.75) is 65.0 Å². The fourth-order valence-electron chi connectivity index (χ4n) is 5.17. The molecule has 1 aromatic rings. The molecular formula is C22H28N2O2. The zero-order chi connectivity index (χ0) is 18.4. The second-order valence-corrected chi connectivity index (χ2v) is 8.58. The first-order chi connectivity index (χ1) is 12.5. The van der Waals surface area contributed by atoms with Crippen LogP contribution in [-0.4, -0.2) is 34.4 Å². The molecule has 4 unspecified atom stereocenters. The summed E-state index contributed by atoms with van der Waals surface area (Å²) in [7, 11) is 0. The average Bonchev–Trinajstić information content (AvgIpc) is 3.31. The van der Waals surface area contributed by atoms with E-state index in [-0.39, 0.29) is 29.6 Å². The van der Waals surface area contributed by atoms with Crippen LogP contribution in [-0.2, 0) is 16.0 Å². The van der Waals surface area contributed by atoms with Gasteiger partial charge in [0.1, 0.15) is 5.78 Å². The molecule has 4 nitrogen and oxygen atoms in total. The van der Waals surface area contributed by atoms with Crippen molar-refractivity contribution in [3.63, 3.8) is 0 Å². The Hall–Kier alpha value is -1.97. The second kappa shape index (κ2) is 6.64. The zero-order valence-electron chi connectivity index (χ0n) is 15.9. The third-order valence-corrected chi connectivity index (χ3v) is 6.44. The molecule has 4 atom stereocenters. The fourth-order valence-corrected chi connectivity index (χ4v) is 5.17. The predicted octanol–water partition coefficient (Wildman–Crippen LogP) is 3.95. The smallest absolute Gasteiger partial charge is 0.227 e. The van der Waals surface area contributed by atoms with Gasteiger partial charge in [-0.2, -0.15) is 0 Å². The molecule has 1 amide bonds. The lowest BCUT2D eigenvalue weighted by Gasteiger charge is -2.38. The van der Waals surface area contributed by atoms with Gasteiger partial charge < -0.3 is 9.69 Å². The molecule has 0 aromatic heterocycles. The number of carbonyl (C=O) groups excluding carboxylic acids is 2. The monoisotopic (exact) mass is 352 g/mol. The van der Waals surface area contributed by atoms with Gasteiger partial charge in [0.2, 0.25) is 5.91 Å². The lowest BCUT2D eigenvalue weighted by atomic mass is 9.86. The lowest BCUT2D eigenvalue weighted by Crippen LogP contribution is -2.52. The maximum Gasteiger partial charge on any atom is 0.227 e. The Labute approximate surface area is 155 Å². The summed E-state index contributed by atoms with van der Waals surface area (Å²) in [5, 5.41) is 0. The average molecular weight is 352 g/mol. The first-order valence-corrected chi connectivity index (χ1v) is 9.92. The van der Waals surface area contributed by atoms with Gasteiger partial charge in [0.05, 0.1) is 11.7 Å². The van der Waals surface area contributed by atoms with E-state index in [9.17, 15) is 9.59 Å². The Balaban J connectivity index is 1.62. The number of carbonyl (C=O) groups is 2. The van der Waals surface area contributed by atoms with Crippen LogP contribution in [0.2, 0.25) is 0 Å². The van der Waals surface area contributed by atoms with E-state index in [1.54, 1.807) is 6.92 Å². The van der Waals surface area contributed by atoms with Crippen molar-refractivity contribution in [1.29, 1.82) is 0 Å². The molecule has 0 N–H and O–H groups in total. The third kappa shape index (κ3) is 2.89. The van der Waals surface area contributed by atoms with Crippen LogP contribution in [0.15, 0.2) is 29.3 Å². The number of Topliss-reactive ketones (excluding diaryl/α,β-unsaturated/α-hetero) is 1. The highest BCUT2D eigenvalue weighted by atomic mass is 16.2. The molecule has 2 bridgehead atoms. The summed E-state index contributed by atoms with van der Waals surface area (Å²) in [6.07, 6.45) is 4.58. The molecule has 4 rings (SSSR count). The molecule has 3 aliphatic rings. The third-order valence-electron chi connectivity index (χ3n) is 6.44. The van der Waals surface area contributed by atoms with Crippen LogP contribution in [0.1, 0.15) is 52.0 Å². The Bertz CT molecular complexity index is 767. The number of piperidine rings is 1. The van der Waals surface area contributed by atoms with Crippen LogP contribution in [0.3, 0.4) is 0 Å². The number of rotatable bonds is 5. The van der Waals surface area contributed by atoms with Crippen LogP contribution in [0, 0.1) is 17.8 Å². The normalized spacial score (nSPS) is 27.6. The maximum absolute atomic E-state index is 13.5. The van der Waals surface area contributed by atoms with Gasteiger partial charge in [0.15, 0.2) is 0 Å². The van der Waals surface area contributed by atoms with E-state index in [0.29, 0.717) is 18.4 Å². The van der Waals surface area contributed by atoms with Crippen molar-refractivity contribution < 1.29 is 9.59 Å². The highest BCUT2D eigenvalue weighted by Gasteiger charge is 2.51. The SMILES string of the molecule is CC(=O)CC(C(=O)N1C2CCC(C2)C1C1=Nc2ccccc2C1)C(C)C. The van der Waals surface area contributed by atoms with Crippen molar-refractivity contribution in [3.05, 3.63) is 29.8 Å². The van der Waals surface area contributed by atoms with Gasteiger partial charge in [0.25, 0.3) is 0 Å². The summed E-state index contributed by atoms with van der Waals surface area (Å²) in [6, 6.07) is 8.74. The second-order valence-electron chi connectivity index (χ2n) is 8.58. The van der Waals surface area contributed by atoms with Crippen LogP contribution in [0.5, 0.6) is 0 Å². The number of likely N-dealkylation sites (tertiary alicyclic amines) is 1. The maximum atomic E-state index is 13.5. The Morgan fingerprint density at radius 3 is 2.69 bits per heavy atom. The van der Waals surface area contributed by atoms with Crippen molar-refractivity contribution in [2.75, 3.05) is 0 Å². The summed E-state index contributed by atoms with van der Waals surface area (Å²) in [5.74, 6) is 0.768. The highest BCUT2D eigenvalue weighted by Crippen LogP contribution is 2.46. The molecule has 138 valence electrons. The van der Waals surface area contributed by atoms with Gasteiger partial charge in [-0.1, -0.05) is 32.0 Å². The molecule has 0 spiro atoms. The van der Waals surface area contributed by atoms with E-state index in [0.717, 1.165) is 30.7 Å². The molecule has 2 fully saturated rings. The first kappa shape index (κ1) is 17.4. The van der Waals surface area contributed by atoms with Gasteiger partial charge in [0, 0.05) is 30.5 Å². The number of fused-ring (bicyclic) bond motifs is 3. The molecular weight excluding hydrogens is 324 g/mol. The van der Waals surface area contributed by atoms with Crippen LogP contribution in [0.25, 0.3) is 0 Å². The molecule has 4 heteroatoms. The predicted molar refractivity (Wildman–Crippen MR) is 103 cm³/mol.